The van der Waals surface area contributed by atoms with Gasteiger partial charge in [0.2, 0.25) is 0 Å². The number of benzene rings is 2. The van der Waals surface area contributed by atoms with Crippen molar-refractivity contribution in [2.45, 2.75) is 40.8 Å². The summed E-state index contributed by atoms with van der Waals surface area (Å²) in [5.74, 6) is 1.10. The third-order valence-electron chi connectivity index (χ3n) is 5.89. The average molecular weight is 519 g/mol. The molecular formula is C27H30N6O5. The zero-order chi connectivity index (χ0) is 27.2. The Morgan fingerprint density at radius 1 is 1.03 bits per heavy atom. The predicted octanol–water partition coefficient (Wildman–Crippen LogP) is 4.75. The number of aromatic nitrogens is 4. The second kappa shape index (κ2) is 11.6. The Kier molecular flexibility index (Phi) is 8.05. The Balaban J connectivity index is 1.43. The Bertz CT molecular complexity index is 1460. The summed E-state index contributed by atoms with van der Waals surface area (Å²) >= 11 is 0. The molecule has 1 N–H and O–H groups in total. The Labute approximate surface area is 220 Å². The van der Waals surface area contributed by atoms with Crippen molar-refractivity contribution in [3.63, 3.8) is 0 Å². The molecule has 2 aromatic heterocycles. The van der Waals surface area contributed by atoms with Gasteiger partial charge in [-0.2, -0.15) is 10.2 Å². The molecule has 11 heteroatoms. The van der Waals surface area contributed by atoms with E-state index in [1.165, 1.54) is 0 Å². The zero-order valence-electron chi connectivity index (χ0n) is 21.8. The van der Waals surface area contributed by atoms with E-state index >= 15 is 0 Å². The van der Waals surface area contributed by atoms with E-state index in [-0.39, 0.29) is 11.6 Å². The lowest BCUT2D eigenvalue weighted by molar-refractivity contribution is -0.386. The minimum atomic E-state index is -0.425. The van der Waals surface area contributed by atoms with Gasteiger partial charge in [-0.1, -0.05) is 18.2 Å². The summed E-state index contributed by atoms with van der Waals surface area (Å²) < 4.78 is 14.6. The van der Waals surface area contributed by atoms with E-state index in [0.717, 1.165) is 11.1 Å². The van der Waals surface area contributed by atoms with Crippen molar-refractivity contribution in [3.05, 3.63) is 93.1 Å². The van der Waals surface area contributed by atoms with E-state index in [1.54, 1.807) is 53.8 Å². The van der Waals surface area contributed by atoms with Crippen LogP contribution in [-0.4, -0.2) is 43.6 Å². The topological polar surface area (TPSA) is 126 Å². The third-order valence-corrected chi connectivity index (χ3v) is 5.89. The maximum Gasteiger partial charge on any atom is 0.312 e. The van der Waals surface area contributed by atoms with Crippen molar-refractivity contribution >= 4 is 17.3 Å². The van der Waals surface area contributed by atoms with Crippen LogP contribution in [0, 0.1) is 24.0 Å². The van der Waals surface area contributed by atoms with E-state index in [0.29, 0.717) is 60.4 Å². The first-order valence-electron chi connectivity index (χ1n) is 12.3. The van der Waals surface area contributed by atoms with Gasteiger partial charge in [-0.05, 0) is 63.1 Å². The molecule has 2 heterocycles. The Morgan fingerprint density at radius 3 is 2.47 bits per heavy atom. The monoisotopic (exact) mass is 518 g/mol. The number of carbonyl (C=O) groups is 1. The molecule has 2 aromatic carbocycles. The number of nitrogens with zero attached hydrogens (tertiary/aromatic N) is 5. The van der Waals surface area contributed by atoms with Gasteiger partial charge in [0.15, 0.2) is 11.5 Å². The maximum atomic E-state index is 12.9. The molecule has 0 saturated heterocycles. The van der Waals surface area contributed by atoms with Crippen molar-refractivity contribution in [2.75, 3.05) is 18.5 Å². The highest BCUT2D eigenvalue weighted by molar-refractivity contribution is 6.04. The highest BCUT2D eigenvalue weighted by Gasteiger charge is 2.22. The molecule has 0 aliphatic rings. The number of hydrogen-bond donors (Lipinski definition) is 1. The van der Waals surface area contributed by atoms with Crippen LogP contribution in [0.4, 0.5) is 11.4 Å². The van der Waals surface area contributed by atoms with Gasteiger partial charge < -0.3 is 14.8 Å². The lowest BCUT2D eigenvalue weighted by Crippen LogP contribution is -2.12. The van der Waals surface area contributed by atoms with Crippen LogP contribution in [0.25, 0.3) is 0 Å². The summed E-state index contributed by atoms with van der Waals surface area (Å²) in [5.41, 5.74) is 3.64. The summed E-state index contributed by atoms with van der Waals surface area (Å²) in [5, 5.41) is 22.8. The molecule has 11 nitrogen and oxygen atoms in total. The lowest BCUT2D eigenvalue weighted by Gasteiger charge is -2.12. The molecule has 4 rings (SSSR count). The lowest BCUT2D eigenvalue weighted by atomic mass is 10.1. The number of amides is 1. The fourth-order valence-corrected chi connectivity index (χ4v) is 4.19. The molecule has 0 saturated carbocycles. The minimum absolute atomic E-state index is 0.00950. The van der Waals surface area contributed by atoms with Crippen molar-refractivity contribution in [3.8, 4) is 11.5 Å². The van der Waals surface area contributed by atoms with E-state index in [4.69, 9.17) is 9.47 Å². The molecule has 0 aliphatic heterocycles. The number of rotatable bonds is 11. The van der Waals surface area contributed by atoms with Gasteiger partial charge in [-0.15, -0.1) is 0 Å². The predicted molar refractivity (Wildman–Crippen MR) is 142 cm³/mol. The minimum Gasteiger partial charge on any atom is -0.490 e. The molecule has 38 heavy (non-hydrogen) atoms. The molecule has 0 fully saturated rings. The molecule has 0 bridgehead atoms. The van der Waals surface area contributed by atoms with Crippen LogP contribution in [0.3, 0.4) is 0 Å². The second-order valence-corrected chi connectivity index (χ2v) is 8.66. The second-order valence-electron chi connectivity index (χ2n) is 8.66. The Hall–Kier alpha value is -4.67. The van der Waals surface area contributed by atoms with Crippen molar-refractivity contribution in [1.29, 1.82) is 0 Å². The maximum absolute atomic E-state index is 12.9. The molecule has 0 atom stereocenters. The van der Waals surface area contributed by atoms with E-state index in [9.17, 15) is 14.9 Å². The molecular weight excluding hydrogens is 488 g/mol. The normalized spacial score (nSPS) is 10.8. The quantitative estimate of drug-likeness (QED) is 0.224. The zero-order valence-corrected chi connectivity index (χ0v) is 21.8. The summed E-state index contributed by atoms with van der Waals surface area (Å²) in [7, 11) is 0. The van der Waals surface area contributed by atoms with Gasteiger partial charge in [0, 0.05) is 11.8 Å². The standard InChI is InChI=1S/C27H30N6O5/c1-5-37-24-11-10-21(13-25(24)38-6-2)15-31-17-23(14-28-31)29-27(34)22-9-7-8-20(12-22)16-32-19(4)26(33(35)36)18(3)30-32/h7-14,17H,5-6,15-16H2,1-4H3,(H,29,34). The fraction of sp³-hybridized carbons (Fsp3) is 0.296. The molecule has 0 unspecified atom stereocenters. The van der Waals surface area contributed by atoms with Gasteiger partial charge >= 0.3 is 5.69 Å². The van der Waals surface area contributed by atoms with Crippen LogP contribution in [0.5, 0.6) is 11.5 Å². The first-order chi connectivity index (χ1) is 18.3. The summed E-state index contributed by atoms with van der Waals surface area (Å²) in [6.45, 7) is 9.01. The largest absolute Gasteiger partial charge is 0.490 e. The first kappa shape index (κ1) is 26.4. The van der Waals surface area contributed by atoms with Crippen LogP contribution in [0.15, 0.2) is 54.9 Å². The van der Waals surface area contributed by atoms with Gasteiger partial charge in [0.1, 0.15) is 11.4 Å². The number of nitrogens with one attached hydrogen (secondary N) is 1. The average Bonchev–Trinajstić information content (AvgIpc) is 3.43. The summed E-state index contributed by atoms with van der Waals surface area (Å²) in [6, 6.07) is 12.8. The van der Waals surface area contributed by atoms with Crippen LogP contribution in [0.1, 0.15) is 46.7 Å². The molecule has 0 aliphatic carbocycles. The number of aryl methyl sites for hydroxylation is 1. The van der Waals surface area contributed by atoms with Crippen molar-refractivity contribution < 1.29 is 19.2 Å². The van der Waals surface area contributed by atoms with Crippen LogP contribution < -0.4 is 14.8 Å². The van der Waals surface area contributed by atoms with Gasteiger partial charge in [-0.3, -0.25) is 24.3 Å². The van der Waals surface area contributed by atoms with E-state index in [2.05, 4.69) is 15.5 Å². The van der Waals surface area contributed by atoms with Gasteiger partial charge in [-0.25, -0.2) is 0 Å². The SMILES string of the molecule is CCOc1ccc(Cn2cc(NC(=O)c3cccc(Cn4nc(C)c([N+](=O)[O-])c4C)c3)cn2)cc1OCC. The molecule has 0 spiro atoms. The number of hydrogen-bond acceptors (Lipinski definition) is 7. The van der Waals surface area contributed by atoms with Crippen molar-refractivity contribution in [2.24, 2.45) is 0 Å². The smallest absolute Gasteiger partial charge is 0.312 e. The first-order valence-corrected chi connectivity index (χ1v) is 12.3. The number of carbonyl (C=O) groups excluding carboxylic acids is 1. The van der Waals surface area contributed by atoms with Crippen LogP contribution in [0.2, 0.25) is 0 Å². The van der Waals surface area contributed by atoms with Crippen molar-refractivity contribution in [1.82, 2.24) is 19.6 Å². The number of ether oxygens (including phenoxy) is 2. The van der Waals surface area contributed by atoms with Crippen LogP contribution in [-0.2, 0) is 13.1 Å². The summed E-state index contributed by atoms with van der Waals surface area (Å²) in [4.78, 5) is 23.8. The number of nitro groups is 1. The van der Waals surface area contributed by atoms with Crippen LogP contribution >= 0.6 is 0 Å². The number of anilines is 1. The third kappa shape index (κ3) is 6.00. The Morgan fingerprint density at radius 2 is 1.76 bits per heavy atom. The molecule has 4 aromatic rings. The fourth-order valence-electron chi connectivity index (χ4n) is 4.19. The molecule has 0 radical (unpaired) electrons. The van der Waals surface area contributed by atoms with E-state index < -0.39 is 4.92 Å². The molecule has 1 amide bonds. The van der Waals surface area contributed by atoms with Gasteiger partial charge in [0.25, 0.3) is 5.91 Å². The van der Waals surface area contributed by atoms with E-state index in [1.807, 2.05) is 38.1 Å². The van der Waals surface area contributed by atoms with Gasteiger partial charge in [0.05, 0.1) is 43.1 Å². The highest BCUT2D eigenvalue weighted by Crippen LogP contribution is 2.29. The highest BCUT2D eigenvalue weighted by atomic mass is 16.6. The summed E-state index contributed by atoms with van der Waals surface area (Å²) in [6.07, 6.45) is 3.35. The molecule has 198 valence electrons.